The van der Waals surface area contributed by atoms with Gasteiger partial charge in [0.15, 0.2) is 0 Å². The molecule has 2 aromatic heterocycles. The first-order valence-corrected chi connectivity index (χ1v) is 9.36. The Bertz CT molecular complexity index is 966. The summed E-state index contributed by atoms with van der Waals surface area (Å²) in [5.41, 5.74) is 0.560. The number of fused-ring (bicyclic) bond motifs is 2. The lowest BCUT2D eigenvalue weighted by Crippen LogP contribution is -2.38. The minimum Gasteiger partial charge on any atom is -0.337 e. The first-order valence-electron chi connectivity index (χ1n) is 9.36. The van der Waals surface area contributed by atoms with Gasteiger partial charge in [0.1, 0.15) is 17.3 Å². The van der Waals surface area contributed by atoms with Gasteiger partial charge in [0.25, 0.3) is 5.91 Å². The molecular formula is C20H21N5O. The molecule has 0 spiro atoms. The van der Waals surface area contributed by atoms with Crippen LogP contribution in [0.3, 0.4) is 0 Å². The number of aryl methyl sites for hydroxylation is 1. The van der Waals surface area contributed by atoms with Crippen molar-refractivity contribution in [3.05, 3.63) is 53.9 Å². The minimum atomic E-state index is 0.0340. The van der Waals surface area contributed by atoms with Crippen molar-refractivity contribution in [1.82, 2.24) is 24.6 Å². The number of aromatic nitrogens is 4. The molecule has 0 unspecified atom stereocenters. The summed E-state index contributed by atoms with van der Waals surface area (Å²) in [6.45, 7) is 2.53. The summed E-state index contributed by atoms with van der Waals surface area (Å²) in [6.07, 6.45) is 5.81. The molecule has 4 heterocycles. The second kappa shape index (κ2) is 6.20. The summed E-state index contributed by atoms with van der Waals surface area (Å²) in [7, 11) is 0. The van der Waals surface area contributed by atoms with Crippen LogP contribution in [-0.4, -0.2) is 43.6 Å². The molecule has 0 bridgehead atoms. The maximum atomic E-state index is 13.0. The highest BCUT2D eigenvalue weighted by atomic mass is 16.2. The summed E-state index contributed by atoms with van der Waals surface area (Å²) in [5.74, 6) is 2.68. The second-order valence-electron chi connectivity index (χ2n) is 7.18. The molecular weight excluding hydrogens is 326 g/mol. The molecule has 2 aliphatic rings. The minimum absolute atomic E-state index is 0.0340. The Balaban J connectivity index is 1.34. The fourth-order valence-electron chi connectivity index (χ4n) is 4.26. The van der Waals surface area contributed by atoms with Gasteiger partial charge in [-0.25, -0.2) is 0 Å². The van der Waals surface area contributed by atoms with Crippen molar-refractivity contribution >= 4 is 16.7 Å². The molecule has 0 radical (unpaired) electrons. The number of carbonyl (C=O) groups is 1. The topological polar surface area (TPSA) is 63.9 Å². The highest BCUT2D eigenvalue weighted by Crippen LogP contribution is 2.30. The average Bonchev–Trinajstić information content (AvgIpc) is 3.31. The molecule has 0 N–H and O–H groups in total. The number of piperidine rings is 1. The van der Waals surface area contributed by atoms with Crippen LogP contribution in [0.15, 0.2) is 36.5 Å². The molecule has 132 valence electrons. The molecule has 6 nitrogen and oxygen atoms in total. The van der Waals surface area contributed by atoms with Crippen molar-refractivity contribution in [2.24, 2.45) is 0 Å². The van der Waals surface area contributed by atoms with Gasteiger partial charge in [-0.2, -0.15) is 0 Å². The van der Waals surface area contributed by atoms with Gasteiger partial charge in [-0.05, 0) is 30.7 Å². The van der Waals surface area contributed by atoms with Crippen LogP contribution in [0.5, 0.6) is 0 Å². The Morgan fingerprint density at radius 2 is 1.88 bits per heavy atom. The molecule has 0 atom stereocenters. The van der Waals surface area contributed by atoms with Gasteiger partial charge < -0.3 is 9.47 Å². The molecule has 0 saturated carbocycles. The van der Waals surface area contributed by atoms with Gasteiger partial charge in [-0.3, -0.25) is 9.78 Å². The van der Waals surface area contributed by atoms with Crippen LogP contribution in [0.4, 0.5) is 0 Å². The SMILES string of the molecule is O=C(c1nccc2ccccc12)N1CCC(c2nnc3n2CCC3)CC1. The third-order valence-corrected chi connectivity index (χ3v) is 5.66. The summed E-state index contributed by atoms with van der Waals surface area (Å²) >= 11 is 0. The smallest absolute Gasteiger partial charge is 0.273 e. The normalized spacial score (nSPS) is 17.6. The molecule has 5 rings (SSSR count). The van der Waals surface area contributed by atoms with Crippen LogP contribution in [-0.2, 0) is 13.0 Å². The van der Waals surface area contributed by atoms with Crippen LogP contribution in [0, 0.1) is 0 Å². The molecule has 0 aliphatic carbocycles. The summed E-state index contributed by atoms with van der Waals surface area (Å²) < 4.78 is 2.29. The van der Waals surface area contributed by atoms with Crippen molar-refractivity contribution < 1.29 is 4.79 Å². The second-order valence-corrected chi connectivity index (χ2v) is 7.18. The molecule has 1 aromatic carbocycles. The Morgan fingerprint density at radius 3 is 2.77 bits per heavy atom. The van der Waals surface area contributed by atoms with Gasteiger partial charge in [-0.1, -0.05) is 24.3 Å². The summed E-state index contributed by atoms with van der Waals surface area (Å²) in [5, 5.41) is 10.7. The molecule has 1 amide bonds. The predicted octanol–water partition coefficient (Wildman–Crippen LogP) is 2.79. The zero-order valence-corrected chi connectivity index (χ0v) is 14.6. The molecule has 2 aliphatic heterocycles. The van der Waals surface area contributed by atoms with E-state index in [9.17, 15) is 4.79 Å². The van der Waals surface area contributed by atoms with E-state index in [1.54, 1.807) is 6.20 Å². The van der Waals surface area contributed by atoms with Gasteiger partial charge in [-0.15, -0.1) is 10.2 Å². The Hall–Kier alpha value is -2.76. The fraction of sp³-hybridized carbons (Fsp3) is 0.400. The number of hydrogen-bond donors (Lipinski definition) is 0. The van der Waals surface area contributed by atoms with Crippen molar-refractivity contribution in [1.29, 1.82) is 0 Å². The van der Waals surface area contributed by atoms with Crippen LogP contribution in [0.1, 0.15) is 47.3 Å². The number of rotatable bonds is 2. The number of amides is 1. The van der Waals surface area contributed by atoms with Crippen molar-refractivity contribution in [3.8, 4) is 0 Å². The van der Waals surface area contributed by atoms with E-state index in [1.807, 2.05) is 35.2 Å². The third-order valence-electron chi connectivity index (χ3n) is 5.66. The average molecular weight is 347 g/mol. The Kier molecular flexibility index (Phi) is 3.69. The van der Waals surface area contributed by atoms with Crippen LogP contribution < -0.4 is 0 Å². The third kappa shape index (κ3) is 2.48. The highest BCUT2D eigenvalue weighted by molar-refractivity contribution is 6.05. The van der Waals surface area contributed by atoms with E-state index in [2.05, 4.69) is 19.7 Å². The Morgan fingerprint density at radius 1 is 1.04 bits per heavy atom. The lowest BCUT2D eigenvalue weighted by atomic mass is 9.95. The molecule has 3 aromatic rings. The quantitative estimate of drug-likeness (QED) is 0.715. The highest BCUT2D eigenvalue weighted by Gasteiger charge is 2.30. The van der Waals surface area contributed by atoms with Crippen molar-refractivity contribution in [2.45, 2.75) is 38.1 Å². The lowest BCUT2D eigenvalue weighted by Gasteiger charge is -2.31. The molecule has 1 fully saturated rings. The number of carbonyl (C=O) groups excluding carboxylic acids is 1. The predicted molar refractivity (Wildman–Crippen MR) is 98.0 cm³/mol. The van der Waals surface area contributed by atoms with Crippen LogP contribution in [0.2, 0.25) is 0 Å². The standard InChI is InChI=1S/C20H21N5O/c26-20(18-16-5-2-1-4-14(16)7-10-21-18)24-12-8-15(9-13-24)19-23-22-17-6-3-11-25(17)19/h1-2,4-5,7,10,15H,3,6,8-9,11-13H2. The van der Waals surface area contributed by atoms with E-state index < -0.39 is 0 Å². The van der Waals surface area contributed by atoms with E-state index in [-0.39, 0.29) is 5.91 Å². The van der Waals surface area contributed by atoms with Gasteiger partial charge in [0.05, 0.1) is 0 Å². The molecule has 26 heavy (non-hydrogen) atoms. The number of nitrogens with zero attached hydrogens (tertiary/aromatic N) is 5. The maximum absolute atomic E-state index is 13.0. The first kappa shape index (κ1) is 15.5. The maximum Gasteiger partial charge on any atom is 0.273 e. The summed E-state index contributed by atoms with van der Waals surface area (Å²) in [6, 6.07) is 9.88. The van der Waals surface area contributed by atoms with E-state index in [0.717, 1.165) is 61.3 Å². The van der Waals surface area contributed by atoms with Crippen LogP contribution >= 0.6 is 0 Å². The largest absolute Gasteiger partial charge is 0.337 e. The summed E-state index contributed by atoms with van der Waals surface area (Å²) in [4.78, 5) is 19.3. The number of pyridine rings is 1. The number of hydrogen-bond acceptors (Lipinski definition) is 4. The van der Waals surface area contributed by atoms with E-state index in [4.69, 9.17) is 0 Å². The lowest BCUT2D eigenvalue weighted by molar-refractivity contribution is 0.0706. The molecule has 1 saturated heterocycles. The molecule has 6 heteroatoms. The zero-order chi connectivity index (χ0) is 17.5. The fourth-order valence-corrected chi connectivity index (χ4v) is 4.26. The zero-order valence-electron chi connectivity index (χ0n) is 14.6. The van der Waals surface area contributed by atoms with Crippen molar-refractivity contribution in [3.63, 3.8) is 0 Å². The number of likely N-dealkylation sites (tertiary alicyclic amines) is 1. The van der Waals surface area contributed by atoms with E-state index in [0.29, 0.717) is 11.6 Å². The van der Waals surface area contributed by atoms with Gasteiger partial charge >= 0.3 is 0 Å². The van der Waals surface area contributed by atoms with Crippen LogP contribution in [0.25, 0.3) is 10.8 Å². The monoisotopic (exact) mass is 347 g/mol. The van der Waals surface area contributed by atoms with E-state index >= 15 is 0 Å². The van der Waals surface area contributed by atoms with Gasteiger partial charge in [0.2, 0.25) is 0 Å². The van der Waals surface area contributed by atoms with E-state index in [1.165, 1.54) is 6.42 Å². The Labute approximate surface area is 151 Å². The number of benzene rings is 1. The first-order chi connectivity index (χ1) is 12.8. The van der Waals surface area contributed by atoms with Gasteiger partial charge in [0, 0.05) is 43.6 Å². The van der Waals surface area contributed by atoms with Crippen molar-refractivity contribution in [2.75, 3.05) is 13.1 Å².